The molecule has 3 N–H and O–H groups in total. The van der Waals surface area contributed by atoms with Crippen LogP contribution in [0, 0.1) is 11.8 Å². The quantitative estimate of drug-likeness (QED) is 0.391. The number of nitrogens with one attached hydrogen (secondary N) is 2. The Morgan fingerprint density at radius 3 is 2.56 bits per heavy atom. The van der Waals surface area contributed by atoms with Gasteiger partial charge in [0.2, 0.25) is 17.7 Å². The Morgan fingerprint density at radius 1 is 1.18 bits per heavy atom. The number of morpholine rings is 1. The Morgan fingerprint density at radius 2 is 1.90 bits per heavy atom. The van der Waals surface area contributed by atoms with Crippen LogP contribution < -0.4 is 15.4 Å². The molecule has 4 aliphatic heterocycles. The van der Waals surface area contributed by atoms with Crippen molar-refractivity contribution in [2.24, 2.45) is 11.8 Å². The van der Waals surface area contributed by atoms with Gasteiger partial charge in [0, 0.05) is 31.9 Å². The van der Waals surface area contributed by atoms with Gasteiger partial charge in [0.15, 0.2) is 0 Å². The molecule has 2 bridgehead atoms. The predicted octanol–water partition coefficient (Wildman–Crippen LogP) is 0.618. The summed E-state index contributed by atoms with van der Waals surface area (Å²) in [4.78, 5) is 45.1. The number of nitrogens with zero attached hydrogens (tertiary/aromatic N) is 2. The molecule has 0 aliphatic carbocycles. The fourth-order valence-electron chi connectivity index (χ4n) is 6.91. The zero-order chi connectivity index (χ0) is 27.8. The molecule has 6 atom stereocenters. The first-order valence-electron chi connectivity index (χ1n) is 14.0. The number of amides is 3. The van der Waals surface area contributed by atoms with E-state index >= 15 is 0 Å². The van der Waals surface area contributed by atoms with Gasteiger partial charge in [-0.3, -0.25) is 19.3 Å². The van der Waals surface area contributed by atoms with Crippen LogP contribution in [0.2, 0.25) is 0 Å². The lowest BCUT2D eigenvalue weighted by Crippen LogP contribution is -2.58. The van der Waals surface area contributed by atoms with Crippen LogP contribution in [0.4, 0.5) is 5.69 Å². The molecule has 4 aliphatic rings. The summed E-state index contributed by atoms with van der Waals surface area (Å²) in [7, 11) is 0. The van der Waals surface area contributed by atoms with Crippen molar-refractivity contribution in [3.8, 4) is 5.75 Å². The summed E-state index contributed by atoms with van der Waals surface area (Å²) in [5.41, 5.74) is -1.41. The number of aliphatic hydroxyl groups is 1. The number of anilines is 1. The Kier molecular flexibility index (Phi) is 7.87. The topological polar surface area (TPSA) is 130 Å². The molecule has 0 aromatic heterocycles. The summed E-state index contributed by atoms with van der Waals surface area (Å²) in [6, 6.07) is 5.56. The van der Waals surface area contributed by atoms with Gasteiger partial charge in [0.05, 0.1) is 49.9 Å². The molecule has 11 nitrogen and oxygen atoms in total. The van der Waals surface area contributed by atoms with Gasteiger partial charge in [-0.1, -0.05) is 0 Å². The zero-order valence-corrected chi connectivity index (χ0v) is 23.0. The summed E-state index contributed by atoms with van der Waals surface area (Å²) < 4.78 is 17.5. The molecular formula is C28H40N4O7. The van der Waals surface area contributed by atoms with E-state index in [0.717, 1.165) is 13.1 Å². The van der Waals surface area contributed by atoms with Crippen molar-refractivity contribution in [3.05, 3.63) is 24.3 Å². The molecule has 1 spiro atoms. The number of aliphatic hydroxyl groups excluding tert-OH is 1. The Hall–Kier alpha value is -2.73. The van der Waals surface area contributed by atoms with Gasteiger partial charge < -0.3 is 34.9 Å². The summed E-state index contributed by atoms with van der Waals surface area (Å²) in [6.07, 6.45) is 1.04. The monoisotopic (exact) mass is 544 g/mol. The standard InChI is InChI=1S/C28H40N4O7/c1-4-38-20-7-5-19(6-8-20)30-24(34)21-22-26(36)32(18(2)17-33)23(28(22)10-9-27(21,3)39-28)25(35)29-11-12-31-13-15-37-16-14-31/h5-8,18,21-23,33H,4,9-17H2,1-3H3,(H,29,35)(H,30,34)/t18-,21-,22+,23?,27+,28?/m1/s1. The van der Waals surface area contributed by atoms with Gasteiger partial charge in [-0.25, -0.2) is 0 Å². The Labute approximate surface area is 229 Å². The minimum Gasteiger partial charge on any atom is -0.494 e. The molecule has 0 saturated carbocycles. The lowest BCUT2D eigenvalue weighted by molar-refractivity contribution is -0.148. The first-order chi connectivity index (χ1) is 18.7. The van der Waals surface area contributed by atoms with Crippen LogP contribution in [0.5, 0.6) is 5.75 Å². The highest BCUT2D eigenvalue weighted by molar-refractivity contribution is 6.02. The zero-order valence-electron chi connectivity index (χ0n) is 23.0. The molecule has 3 amide bonds. The lowest BCUT2D eigenvalue weighted by Gasteiger charge is -2.36. The molecule has 1 aromatic carbocycles. The van der Waals surface area contributed by atoms with E-state index in [9.17, 15) is 19.5 Å². The number of fused-ring (bicyclic) bond motifs is 1. The average molecular weight is 545 g/mol. The number of hydrogen-bond acceptors (Lipinski definition) is 8. The van der Waals surface area contributed by atoms with E-state index in [-0.39, 0.29) is 24.3 Å². The summed E-state index contributed by atoms with van der Waals surface area (Å²) >= 11 is 0. The Bertz CT molecular complexity index is 1080. The number of rotatable bonds is 10. The molecule has 11 heteroatoms. The first kappa shape index (κ1) is 27.8. The van der Waals surface area contributed by atoms with E-state index in [1.54, 1.807) is 31.2 Å². The maximum absolute atomic E-state index is 14.0. The summed E-state index contributed by atoms with van der Waals surface area (Å²) in [6.45, 7) is 9.78. The van der Waals surface area contributed by atoms with Crippen molar-refractivity contribution in [3.63, 3.8) is 0 Å². The van der Waals surface area contributed by atoms with Crippen LogP contribution in [0.15, 0.2) is 24.3 Å². The SMILES string of the molecule is CCOc1ccc(NC(=O)[C@H]2[C@H]3C(=O)N([C@H](C)CO)C(C(=O)NCCN4CCOCC4)C34CC[C@]2(C)O4)cc1. The number of ether oxygens (including phenoxy) is 3. The summed E-state index contributed by atoms with van der Waals surface area (Å²) in [5.74, 6) is -1.83. The predicted molar refractivity (Wildman–Crippen MR) is 142 cm³/mol. The smallest absolute Gasteiger partial charge is 0.245 e. The molecule has 39 heavy (non-hydrogen) atoms. The normalized spacial score (nSPS) is 32.7. The molecule has 4 fully saturated rings. The Balaban J connectivity index is 1.37. The van der Waals surface area contributed by atoms with E-state index in [0.29, 0.717) is 57.2 Å². The number of carbonyl (C=O) groups excluding carboxylic acids is 3. The van der Waals surface area contributed by atoms with Crippen molar-refractivity contribution in [1.29, 1.82) is 0 Å². The second kappa shape index (κ2) is 11.0. The summed E-state index contributed by atoms with van der Waals surface area (Å²) in [5, 5.41) is 16.0. The molecular weight excluding hydrogens is 504 g/mol. The molecule has 0 radical (unpaired) electrons. The van der Waals surface area contributed by atoms with Crippen LogP contribution >= 0.6 is 0 Å². The third kappa shape index (κ3) is 4.90. The van der Waals surface area contributed by atoms with Crippen molar-refractivity contribution in [2.45, 2.75) is 56.9 Å². The van der Waals surface area contributed by atoms with Crippen LogP contribution in [0.25, 0.3) is 0 Å². The van der Waals surface area contributed by atoms with Crippen molar-refractivity contribution >= 4 is 23.4 Å². The molecule has 5 rings (SSSR count). The maximum atomic E-state index is 14.0. The fraction of sp³-hybridized carbons (Fsp3) is 0.679. The van der Waals surface area contributed by atoms with Crippen molar-refractivity contribution in [2.75, 3.05) is 57.9 Å². The number of benzene rings is 1. The molecule has 214 valence electrons. The molecule has 4 saturated heterocycles. The van der Waals surface area contributed by atoms with E-state index in [1.165, 1.54) is 4.90 Å². The largest absolute Gasteiger partial charge is 0.494 e. The fourth-order valence-corrected chi connectivity index (χ4v) is 6.91. The van der Waals surface area contributed by atoms with Crippen molar-refractivity contribution < 1.29 is 33.7 Å². The number of likely N-dealkylation sites (tertiary alicyclic amines) is 1. The van der Waals surface area contributed by atoms with Crippen LogP contribution in [-0.4, -0.2) is 109 Å². The molecule has 1 aromatic rings. The van der Waals surface area contributed by atoms with E-state index in [2.05, 4.69) is 15.5 Å². The third-order valence-corrected chi connectivity index (χ3v) is 8.75. The third-order valence-electron chi connectivity index (χ3n) is 8.75. The highest BCUT2D eigenvalue weighted by Gasteiger charge is 2.78. The van der Waals surface area contributed by atoms with Gasteiger partial charge in [0.25, 0.3) is 0 Å². The lowest BCUT2D eigenvalue weighted by atomic mass is 9.66. The van der Waals surface area contributed by atoms with E-state index < -0.39 is 35.1 Å². The van der Waals surface area contributed by atoms with Crippen LogP contribution in [0.1, 0.15) is 33.6 Å². The maximum Gasteiger partial charge on any atom is 0.245 e. The van der Waals surface area contributed by atoms with Crippen LogP contribution in [-0.2, 0) is 23.9 Å². The second-order valence-corrected chi connectivity index (χ2v) is 11.2. The number of carbonyl (C=O) groups is 3. The average Bonchev–Trinajstić information content (AvgIpc) is 3.50. The van der Waals surface area contributed by atoms with Crippen molar-refractivity contribution in [1.82, 2.24) is 15.1 Å². The number of hydrogen-bond donors (Lipinski definition) is 3. The van der Waals surface area contributed by atoms with Gasteiger partial charge >= 0.3 is 0 Å². The molecule has 4 heterocycles. The second-order valence-electron chi connectivity index (χ2n) is 11.2. The van der Waals surface area contributed by atoms with Gasteiger partial charge in [-0.2, -0.15) is 0 Å². The van der Waals surface area contributed by atoms with E-state index in [1.807, 2.05) is 13.8 Å². The van der Waals surface area contributed by atoms with E-state index in [4.69, 9.17) is 14.2 Å². The first-order valence-corrected chi connectivity index (χ1v) is 14.0. The molecule has 2 unspecified atom stereocenters. The highest BCUT2D eigenvalue weighted by atomic mass is 16.5. The minimum absolute atomic E-state index is 0.299. The van der Waals surface area contributed by atoms with Gasteiger partial charge in [-0.15, -0.1) is 0 Å². The van der Waals surface area contributed by atoms with Crippen LogP contribution in [0.3, 0.4) is 0 Å². The van der Waals surface area contributed by atoms with Gasteiger partial charge in [0.1, 0.15) is 17.4 Å². The minimum atomic E-state index is -1.13. The van der Waals surface area contributed by atoms with Gasteiger partial charge in [-0.05, 0) is 57.9 Å². The highest BCUT2D eigenvalue weighted by Crippen LogP contribution is 2.63.